The molecule has 0 fully saturated rings. The predicted octanol–water partition coefficient (Wildman–Crippen LogP) is 3.39. The number of nitrogen functional groups attached to an aromatic ring is 1. The molecule has 0 amide bonds. The molecular formula is C14H10F2N2. The standard InChI is InChI=1S/C14H10F2N2/c1-8-2-13(16)12(6-14(8)18)10-3-9(7-17)4-11(15)5-10/h2-6H,18H2,1H3. The average Bonchev–Trinajstić information content (AvgIpc) is 2.33. The van der Waals surface area contributed by atoms with Crippen molar-refractivity contribution in [1.29, 1.82) is 5.26 Å². The van der Waals surface area contributed by atoms with Gasteiger partial charge in [-0.2, -0.15) is 5.26 Å². The fraction of sp³-hybridized carbons (Fsp3) is 0.0714. The second-order valence-corrected chi connectivity index (χ2v) is 4.03. The van der Waals surface area contributed by atoms with Gasteiger partial charge >= 0.3 is 0 Å². The van der Waals surface area contributed by atoms with Crippen LogP contribution in [0.15, 0.2) is 30.3 Å². The Morgan fingerprint density at radius 2 is 1.83 bits per heavy atom. The molecule has 0 aliphatic rings. The molecule has 18 heavy (non-hydrogen) atoms. The average molecular weight is 244 g/mol. The Bertz CT molecular complexity index is 658. The number of nitrogens with two attached hydrogens (primary N) is 1. The molecular weight excluding hydrogens is 234 g/mol. The summed E-state index contributed by atoms with van der Waals surface area (Å²) < 4.78 is 27.1. The number of anilines is 1. The minimum atomic E-state index is -0.581. The lowest BCUT2D eigenvalue weighted by molar-refractivity contribution is 0.624. The topological polar surface area (TPSA) is 49.8 Å². The van der Waals surface area contributed by atoms with Crippen LogP contribution < -0.4 is 5.73 Å². The van der Waals surface area contributed by atoms with Gasteiger partial charge in [0.1, 0.15) is 11.6 Å². The summed E-state index contributed by atoms with van der Waals surface area (Å²) >= 11 is 0. The van der Waals surface area contributed by atoms with E-state index in [0.29, 0.717) is 16.8 Å². The van der Waals surface area contributed by atoms with Gasteiger partial charge < -0.3 is 5.73 Å². The first kappa shape index (κ1) is 12.1. The summed E-state index contributed by atoms with van der Waals surface area (Å²) in [6.45, 7) is 1.69. The number of rotatable bonds is 1. The zero-order valence-electron chi connectivity index (χ0n) is 9.67. The molecule has 0 aromatic heterocycles. The van der Waals surface area contributed by atoms with Crippen molar-refractivity contribution in [2.45, 2.75) is 6.92 Å². The predicted molar refractivity (Wildman–Crippen MR) is 65.7 cm³/mol. The summed E-state index contributed by atoms with van der Waals surface area (Å²) in [5.74, 6) is -1.07. The van der Waals surface area contributed by atoms with Crippen molar-refractivity contribution in [2.75, 3.05) is 5.73 Å². The van der Waals surface area contributed by atoms with Crippen LogP contribution in [0.4, 0.5) is 14.5 Å². The Balaban J connectivity index is 2.66. The first-order valence-electron chi connectivity index (χ1n) is 5.28. The first-order chi connectivity index (χ1) is 8.51. The maximum absolute atomic E-state index is 13.8. The number of aryl methyl sites for hydroxylation is 1. The summed E-state index contributed by atoms with van der Waals surface area (Å²) in [6, 6.07) is 8.27. The normalized spacial score (nSPS) is 10.1. The number of benzene rings is 2. The minimum absolute atomic E-state index is 0.142. The smallest absolute Gasteiger partial charge is 0.131 e. The molecule has 0 radical (unpaired) electrons. The van der Waals surface area contributed by atoms with E-state index in [9.17, 15) is 8.78 Å². The molecule has 0 heterocycles. The highest BCUT2D eigenvalue weighted by molar-refractivity contribution is 5.70. The highest BCUT2D eigenvalue weighted by Gasteiger charge is 2.10. The Kier molecular flexibility index (Phi) is 2.99. The lowest BCUT2D eigenvalue weighted by atomic mass is 10.0. The monoisotopic (exact) mass is 244 g/mol. The van der Waals surface area contributed by atoms with Gasteiger partial charge in [0, 0.05) is 11.3 Å². The molecule has 0 saturated heterocycles. The van der Waals surface area contributed by atoms with Crippen molar-refractivity contribution in [1.82, 2.24) is 0 Å². The van der Waals surface area contributed by atoms with E-state index in [0.717, 1.165) is 6.07 Å². The molecule has 0 saturated carbocycles. The third-order valence-corrected chi connectivity index (χ3v) is 2.69. The van der Waals surface area contributed by atoms with Crippen LogP contribution in [0, 0.1) is 29.9 Å². The fourth-order valence-corrected chi connectivity index (χ4v) is 1.72. The molecule has 0 unspecified atom stereocenters. The molecule has 2 N–H and O–H groups in total. The molecule has 0 spiro atoms. The van der Waals surface area contributed by atoms with Gasteiger partial charge in [-0.15, -0.1) is 0 Å². The quantitative estimate of drug-likeness (QED) is 0.781. The van der Waals surface area contributed by atoms with Gasteiger partial charge in [0.05, 0.1) is 11.6 Å². The Labute approximate surface area is 103 Å². The highest BCUT2D eigenvalue weighted by atomic mass is 19.1. The van der Waals surface area contributed by atoms with Crippen molar-refractivity contribution in [3.63, 3.8) is 0 Å². The molecule has 4 heteroatoms. The van der Waals surface area contributed by atoms with Gasteiger partial charge in [-0.3, -0.25) is 0 Å². The number of nitrogens with zero attached hydrogens (tertiary/aromatic N) is 1. The van der Waals surface area contributed by atoms with Gasteiger partial charge in [-0.05, 0) is 48.4 Å². The van der Waals surface area contributed by atoms with Crippen LogP contribution in [-0.4, -0.2) is 0 Å². The van der Waals surface area contributed by atoms with Gasteiger partial charge in [-0.25, -0.2) is 8.78 Å². The zero-order chi connectivity index (χ0) is 13.3. The van der Waals surface area contributed by atoms with Gasteiger partial charge in [0.15, 0.2) is 0 Å². The van der Waals surface area contributed by atoms with Crippen molar-refractivity contribution >= 4 is 5.69 Å². The second-order valence-electron chi connectivity index (χ2n) is 4.03. The third-order valence-electron chi connectivity index (χ3n) is 2.69. The van der Waals surface area contributed by atoms with E-state index in [4.69, 9.17) is 11.0 Å². The lowest BCUT2D eigenvalue weighted by Gasteiger charge is -2.08. The van der Waals surface area contributed by atoms with E-state index in [2.05, 4.69) is 0 Å². The van der Waals surface area contributed by atoms with Crippen molar-refractivity contribution in [3.8, 4) is 17.2 Å². The largest absolute Gasteiger partial charge is 0.398 e. The fourth-order valence-electron chi connectivity index (χ4n) is 1.72. The maximum atomic E-state index is 13.8. The number of halogens is 2. The third kappa shape index (κ3) is 2.16. The van der Waals surface area contributed by atoms with E-state index >= 15 is 0 Å². The summed E-state index contributed by atoms with van der Waals surface area (Å²) in [6.07, 6.45) is 0. The van der Waals surface area contributed by atoms with Crippen molar-refractivity contribution < 1.29 is 8.78 Å². The molecule has 2 rings (SSSR count). The van der Waals surface area contributed by atoms with Crippen LogP contribution >= 0.6 is 0 Å². The van der Waals surface area contributed by atoms with E-state index in [1.54, 1.807) is 6.92 Å². The molecule has 2 aromatic carbocycles. The van der Waals surface area contributed by atoms with E-state index in [1.165, 1.54) is 24.3 Å². The molecule has 0 aliphatic carbocycles. The molecule has 2 aromatic rings. The number of nitriles is 1. The van der Waals surface area contributed by atoms with Gasteiger partial charge in [0.25, 0.3) is 0 Å². The zero-order valence-corrected chi connectivity index (χ0v) is 9.67. The second kappa shape index (κ2) is 4.46. The molecule has 90 valence electrons. The Morgan fingerprint density at radius 3 is 2.50 bits per heavy atom. The molecule has 0 aliphatic heterocycles. The van der Waals surface area contributed by atoms with Crippen LogP contribution in [0.5, 0.6) is 0 Å². The number of hydrogen-bond donors (Lipinski definition) is 1. The summed E-state index contributed by atoms with van der Waals surface area (Å²) in [4.78, 5) is 0. The van der Waals surface area contributed by atoms with Crippen LogP contribution in [0.1, 0.15) is 11.1 Å². The summed E-state index contributed by atoms with van der Waals surface area (Å²) in [5, 5.41) is 8.77. The number of hydrogen-bond acceptors (Lipinski definition) is 2. The van der Waals surface area contributed by atoms with E-state index < -0.39 is 11.6 Å². The molecule has 0 bridgehead atoms. The maximum Gasteiger partial charge on any atom is 0.131 e. The first-order valence-corrected chi connectivity index (χ1v) is 5.28. The highest BCUT2D eigenvalue weighted by Crippen LogP contribution is 2.28. The lowest BCUT2D eigenvalue weighted by Crippen LogP contribution is -1.94. The van der Waals surface area contributed by atoms with Crippen molar-refractivity contribution in [2.24, 2.45) is 0 Å². The van der Waals surface area contributed by atoms with Crippen LogP contribution in [-0.2, 0) is 0 Å². The minimum Gasteiger partial charge on any atom is -0.398 e. The molecule has 0 atom stereocenters. The van der Waals surface area contributed by atoms with Crippen LogP contribution in [0.25, 0.3) is 11.1 Å². The Hall–Kier alpha value is -2.41. The summed E-state index contributed by atoms with van der Waals surface area (Å²) in [5.41, 5.74) is 7.39. The Morgan fingerprint density at radius 1 is 1.11 bits per heavy atom. The van der Waals surface area contributed by atoms with Crippen molar-refractivity contribution in [3.05, 3.63) is 53.1 Å². The van der Waals surface area contributed by atoms with Gasteiger partial charge in [-0.1, -0.05) is 0 Å². The van der Waals surface area contributed by atoms with E-state index in [-0.39, 0.29) is 11.1 Å². The van der Waals surface area contributed by atoms with Crippen LogP contribution in [0.3, 0.4) is 0 Å². The summed E-state index contributed by atoms with van der Waals surface area (Å²) in [7, 11) is 0. The van der Waals surface area contributed by atoms with Crippen LogP contribution in [0.2, 0.25) is 0 Å². The SMILES string of the molecule is Cc1cc(F)c(-c2cc(F)cc(C#N)c2)cc1N. The van der Waals surface area contributed by atoms with E-state index in [1.807, 2.05) is 6.07 Å². The molecule has 2 nitrogen and oxygen atoms in total. The van der Waals surface area contributed by atoms with Gasteiger partial charge in [0.2, 0.25) is 0 Å².